The predicted molar refractivity (Wildman–Crippen MR) is 178 cm³/mol. The Morgan fingerprint density at radius 1 is 0.860 bits per heavy atom. The number of rotatable bonds is 13. The number of carbonyl (C=O) groups excluding carboxylic acids is 2. The molecular formula is C38H59ClN2O2. The molecule has 5 rings (SSSR count). The van der Waals surface area contributed by atoms with Crippen LogP contribution in [0.1, 0.15) is 147 Å². The first-order chi connectivity index (χ1) is 20.7. The van der Waals surface area contributed by atoms with Crippen LogP contribution in [-0.2, 0) is 4.79 Å². The van der Waals surface area contributed by atoms with Crippen molar-refractivity contribution in [1.82, 2.24) is 9.80 Å². The van der Waals surface area contributed by atoms with Crippen molar-refractivity contribution < 1.29 is 9.59 Å². The predicted octanol–water partition coefficient (Wildman–Crippen LogP) is 9.94. The second kappa shape index (κ2) is 14.3. The summed E-state index contributed by atoms with van der Waals surface area (Å²) in [6, 6.07) is 8.34. The zero-order chi connectivity index (χ0) is 30.6. The molecule has 0 aromatic heterocycles. The van der Waals surface area contributed by atoms with Gasteiger partial charge in [0.15, 0.2) is 0 Å². The van der Waals surface area contributed by atoms with E-state index in [0.29, 0.717) is 46.7 Å². The number of unbranched alkanes of at least 4 members (excludes halogenated alkanes) is 9. The molecule has 1 saturated heterocycles. The average Bonchev–Trinajstić information content (AvgIpc) is 3.35. The fourth-order valence-corrected chi connectivity index (χ4v) is 10.8. The molecule has 3 aliphatic carbocycles. The second-order valence-corrected chi connectivity index (χ2v) is 15.7. The Labute approximate surface area is 267 Å². The highest BCUT2D eigenvalue weighted by atomic mass is 35.5. The lowest BCUT2D eigenvalue weighted by atomic mass is 9.47. The van der Waals surface area contributed by atoms with E-state index in [1.165, 1.54) is 83.5 Å². The van der Waals surface area contributed by atoms with Crippen LogP contribution >= 0.6 is 11.6 Å². The third kappa shape index (κ3) is 6.56. The number of piperidine rings is 1. The maximum absolute atomic E-state index is 14.3. The van der Waals surface area contributed by atoms with Crippen LogP contribution in [0.25, 0.3) is 0 Å². The molecule has 4 nitrogen and oxygen atoms in total. The molecule has 43 heavy (non-hydrogen) atoms. The molecule has 2 amide bonds. The zero-order valence-corrected chi connectivity index (χ0v) is 28.5. The summed E-state index contributed by atoms with van der Waals surface area (Å²) in [6.07, 6.45) is 21.9. The van der Waals surface area contributed by atoms with E-state index in [2.05, 4.69) is 37.6 Å². The van der Waals surface area contributed by atoms with Gasteiger partial charge in [-0.25, -0.2) is 0 Å². The molecule has 4 aliphatic rings. The lowest BCUT2D eigenvalue weighted by Crippen LogP contribution is -2.62. The van der Waals surface area contributed by atoms with Gasteiger partial charge >= 0.3 is 0 Å². The number of likely N-dealkylation sites (tertiary alicyclic amines) is 1. The molecule has 240 valence electrons. The molecule has 0 radical (unpaired) electrons. The fourth-order valence-electron chi connectivity index (χ4n) is 10.6. The molecule has 0 bridgehead atoms. The monoisotopic (exact) mass is 610 g/mol. The number of benzene rings is 1. The van der Waals surface area contributed by atoms with Crippen LogP contribution < -0.4 is 0 Å². The summed E-state index contributed by atoms with van der Waals surface area (Å²) in [7, 11) is 2.05. The van der Waals surface area contributed by atoms with Crippen LogP contribution in [0.4, 0.5) is 0 Å². The number of fused-ring (bicyclic) bond motifs is 5. The zero-order valence-electron chi connectivity index (χ0n) is 27.7. The third-order valence-electron chi connectivity index (χ3n) is 13.0. The standard InChI is InChI=1S/C38H59ClN2O2/c1-5-6-7-8-9-10-11-12-13-16-27-41(36(43)29-17-14-15-18-32(29)39)34-22-20-30-28-19-21-33-37(2,26-24-35(42)40(33)4)31(28)23-25-38(30,34)3/h14-15,17-18,28,30-31,33-34H,5-13,16,19-27H2,1-4H3/t28-,30-,31-,33+,34-,37+,38-/m0/s1. The molecule has 5 heteroatoms. The molecule has 1 heterocycles. The minimum absolute atomic E-state index is 0.138. The topological polar surface area (TPSA) is 40.6 Å². The molecule has 1 aromatic carbocycles. The van der Waals surface area contributed by atoms with E-state index in [9.17, 15) is 9.59 Å². The molecule has 4 fully saturated rings. The first-order valence-electron chi connectivity index (χ1n) is 18.0. The maximum atomic E-state index is 14.3. The van der Waals surface area contributed by atoms with Gasteiger partial charge in [0, 0.05) is 32.1 Å². The van der Waals surface area contributed by atoms with Gasteiger partial charge in [-0.2, -0.15) is 0 Å². The first-order valence-corrected chi connectivity index (χ1v) is 18.4. The average molecular weight is 611 g/mol. The number of hydrogen-bond donors (Lipinski definition) is 0. The van der Waals surface area contributed by atoms with Crippen LogP contribution in [0.2, 0.25) is 5.02 Å². The van der Waals surface area contributed by atoms with Crippen molar-refractivity contribution >= 4 is 23.4 Å². The summed E-state index contributed by atoms with van der Waals surface area (Å²) in [5, 5.41) is 0.575. The summed E-state index contributed by atoms with van der Waals surface area (Å²) in [6.45, 7) is 8.16. The second-order valence-electron chi connectivity index (χ2n) is 15.3. The van der Waals surface area contributed by atoms with Crippen LogP contribution in [0, 0.1) is 28.6 Å². The smallest absolute Gasteiger partial charge is 0.255 e. The molecule has 7 atom stereocenters. The Morgan fingerprint density at radius 3 is 2.21 bits per heavy atom. The number of amides is 2. The number of carbonyl (C=O) groups is 2. The molecule has 1 aromatic rings. The summed E-state index contributed by atoms with van der Waals surface area (Å²) in [5.41, 5.74) is 1.05. The first kappa shape index (κ1) is 32.8. The van der Waals surface area contributed by atoms with Crippen LogP contribution in [0.3, 0.4) is 0 Å². The van der Waals surface area contributed by atoms with E-state index in [1.54, 1.807) is 0 Å². The van der Waals surface area contributed by atoms with Crippen molar-refractivity contribution in [2.24, 2.45) is 28.6 Å². The Hall–Kier alpha value is -1.55. The van der Waals surface area contributed by atoms with Gasteiger partial charge in [-0.3, -0.25) is 9.59 Å². The highest BCUT2D eigenvalue weighted by molar-refractivity contribution is 6.33. The summed E-state index contributed by atoms with van der Waals surface area (Å²) in [5.74, 6) is 2.53. The molecule has 3 saturated carbocycles. The lowest BCUT2D eigenvalue weighted by molar-refractivity contribution is -0.158. The molecule has 0 unspecified atom stereocenters. The normalized spacial score (nSPS) is 33.6. The minimum atomic E-state index is 0.138. The van der Waals surface area contributed by atoms with E-state index in [1.807, 2.05) is 24.3 Å². The van der Waals surface area contributed by atoms with Gasteiger partial charge in [-0.1, -0.05) is 102 Å². The highest BCUT2D eigenvalue weighted by Crippen LogP contribution is 2.65. The van der Waals surface area contributed by atoms with E-state index in [0.717, 1.165) is 32.2 Å². The Kier molecular flexibility index (Phi) is 10.9. The van der Waals surface area contributed by atoms with Gasteiger partial charge in [0.25, 0.3) is 5.91 Å². The van der Waals surface area contributed by atoms with Crippen molar-refractivity contribution in [3.63, 3.8) is 0 Å². The largest absolute Gasteiger partial charge is 0.342 e. The Bertz CT molecular complexity index is 1110. The summed E-state index contributed by atoms with van der Waals surface area (Å²) < 4.78 is 0. The highest BCUT2D eigenvalue weighted by Gasteiger charge is 2.62. The van der Waals surface area contributed by atoms with Crippen molar-refractivity contribution in [3.05, 3.63) is 34.9 Å². The summed E-state index contributed by atoms with van der Waals surface area (Å²) in [4.78, 5) is 31.2. The quantitative estimate of drug-likeness (QED) is 0.208. The minimum Gasteiger partial charge on any atom is -0.342 e. The Morgan fingerprint density at radius 2 is 1.51 bits per heavy atom. The van der Waals surface area contributed by atoms with Crippen molar-refractivity contribution in [3.8, 4) is 0 Å². The van der Waals surface area contributed by atoms with Gasteiger partial charge in [0.1, 0.15) is 0 Å². The molecular weight excluding hydrogens is 552 g/mol. The van der Waals surface area contributed by atoms with Crippen molar-refractivity contribution in [2.45, 2.75) is 148 Å². The lowest BCUT2D eigenvalue weighted by Gasteiger charge is -2.62. The third-order valence-corrected chi connectivity index (χ3v) is 13.3. The number of nitrogens with zero attached hydrogens (tertiary/aromatic N) is 2. The number of halogens is 1. The Balaban J connectivity index is 1.27. The SMILES string of the molecule is CCCCCCCCCCCCN(C(=O)c1ccccc1Cl)[C@H]1CC[C@H]2[C@@H]3CC[C@H]4N(C)C(=O)CC[C@]4(C)[C@H]3CC[C@]12C. The summed E-state index contributed by atoms with van der Waals surface area (Å²) >= 11 is 6.62. The van der Waals surface area contributed by atoms with E-state index in [4.69, 9.17) is 11.6 Å². The van der Waals surface area contributed by atoms with Gasteiger partial charge in [-0.05, 0) is 92.1 Å². The molecule has 0 spiro atoms. The van der Waals surface area contributed by atoms with Crippen LogP contribution in [-0.4, -0.2) is 47.3 Å². The van der Waals surface area contributed by atoms with Gasteiger partial charge in [0.05, 0.1) is 10.6 Å². The van der Waals surface area contributed by atoms with E-state index >= 15 is 0 Å². The van der Waals surface area contributed by atoms with Crippen LogP contribution in [0.5, 0.6) is 0 Å². The van der Waals surface area contributed by atoms with Gasteiger partial charge < -0.3 is 9.80 Å². The molecule has 0 N–H and O–H groups in total. The maximum Gasteiger partial charge on any atom is 0.255 e. The van der Waals surface area contributed by atoms with Crippen LogP contribution in [0.15, 0.2) is 24.3 Å². The van der Waals surface area contributed by atoms with E-state index in [-0.39, 0.29) is 22.8 Å². The fraction of sp³-hybridized carbons (Fsp3) is 0.789. The van der Waals surface area contributed by atoms with Gasteiger partial charge in [0.2, 0.25) is 5.91 Å². The number of hydrogen-bond acceptors (Lipinski definition) is 2. The van der Waals surface area contributed by atoms with E-state index < -0.39 is 0 Å². The molecule has 1 aliphatic heterocycles. The van der Waals surface area contributed by atoms with Crippen molar-refractivity contribution in [1.29, 1.82) is 0 Å². The van der Waals surface area contributed by atoms with Gasteiger partial charge in [-0.15, -0.1) is 0 Å². The van der Waals surface area contributed by atoms with Crippen molar-refractivity contribution in [2.75, 3.05) is 13.6 Å².